The van der Waals surface area contributed by atoms with Crippen LogP contribution in [-0.2, 0) is 16.0 Å². The van der Waals surface area contributed by atoms with Crippen molar-refractivity contribution in [1.82, 2.24) is 10.5 Å². The predicted molar refractivity (Wildman–Crippen MR) is 79.6 cm³/mol. The molecule has 2 aromatic rings. The molecule has 1 aromatic heterocycles. The van der Waals surface area contributed by atoms with Crippen LogP contribution in [0.3, 0.4) is 0 Å². The molecule has 0 aliphatic carbocycles. The number of benzene rings is 1. The highest BCUT2D eigenvalue weighted by atomic mass is 35.5. The van der Waals surface area contributed by atoms with Gasteiger partial charge in [0.2, 0.25) is 5.91 Å². The van der Waals surface area contributed by atoms with Gasteiger partial charge < -0.3 is 14.9 Å². The van der Waals surface area contributed by atoms with E-state index < -0.39 is 23.7 Å². The standard InChI is InChI=1S/C15H14ClFN2O4/c1-7-10(8(2)23-19-7)6-13(20)18-14(15(21)22)9-3-4-11(16)12(17)5-9/h3-5,14H,6H2,1-2H3,(H,18,20)(H,21,22). The van der Waals surface area contributed by atoms with Crippen LogP contribution in [0.4, 0.5) is 4.39 Å². The number of aryl methyl sites for hydroxylation is 2. The highest BCUT2D eigenvalue weighted by molar-refractivity contribution is 6.30. The third kappa shape index (κ3) is 3.87. The number of amides is 1. The summed E-state index contributed by atoms with van der Waals surface area (Å²) in [5.41, 5.74) is 1.24. The lowest BCUT2D eigenvalue weighted by molar-refractivity contribution is -0.142. The van der Waals surface area contributed by atoms with E-state index in [0.717, 1.165) is 6.07 Å². The summed E-state index contributed by atoms with van der Waals surface area (Å²) in [7, 11) is 0. The maximum Gasteiger partial charge on any atom is 0.330 e. The van der Waals surface area contributed by atoms with Gasteiger partial charge in [-0.25, -0.2) is 9.18 Å². The average molecular weight is 341 g/mol. The molecule has 0 saturated heterocycles. The van der Waals surface area contributed by atoms with Crippen LogP contribution in [0.25, 0.3) is 0 Å². The first-order chi connectivity index (χ1) is 10.8. The molecule has 8 heteroatoms. The molecule has 1 heterocycles. The summed E-state index contributed by atoms with van der Waals surface area (Å²) in [6.45, 7) is 3.34. The smallest absolute Gasteiger partial charge is 0.330 e. The van der Waals surface area contributed by atoms with E-state index in [1.54, 1.807) is 13.8 Å². The van der Waals surface area contributed by atoms with Gasteiger partial charge in [-0.15, -0.1) is 0 Å². The van der Waals surface area contributed by atoms with Gasteiger partial charge in [-0.3, -0.25) is 4.79 Å². The third-order valence-corrected chi connectivity index (χ3v) is 3.65. The minimum atomic E-state index is -1.38. The van der Waals surface area contributed by atoms with Gasteiger partial charge in [0, 0.05) is 5.56 Å². The summed E-state index contributed by atoms with van der Waals surface area (Å²) in [6, 6.07) is 2.19. The summed E-state index contributed by atoms with van der Waals surface area (Å²) in [6.07, 6.45) is -0.0823. The van der Waals surface area contributed by atoms with Crippen molar-refractivity contribution in [2.24, 2.45) is 0 Å². The summed E-state index contributed by atoms with van der Waals surface area (Å²) in [5.74, 6) is -2.11. The Hall–Kier alpha value is -2.41. The van der Waals surface area contributed by atoms with Gasteiger partial charge in [0.25, 0.3) is 0 Å². The van der Waals surface area contributed by atoms with Crippen molar-refractivity contribution < 1.29 is 23.6 Å². The lowest BCUT2D eigenvalue weighted by Gasteiger charge is -2.15. The molecule has 0 bridgehead atoms. The quantitative estimate of drug-likeness (QED) is 0.872. The SMILES string of the molecule is Cc1noc(C)c1CC(=O)NC(C(=O)O)c1ccc(Cl)c(F)c1. The van der Waals surface area contributed by atoms with E-state index >= 15 is 0 Å². The molecule has 0 fully saturated rings. The summed E-state index contributed by atoms with van der Waals surface area (Å²) < 4.78 is 18.4. The molecular weight excluding hydrogens is 327 g/mol. The van der Waals surface area contributed by atoms with Crippen molar-refractivity contribution in [3.63, 3.8) is 0 Å². The maximum absolute atomic E-state index is 13.5. The van der Waals surface area contributed by atoms with Crippen LogP contribution in [-0.4, -0.2) is 22.1 Å². The van der Waals surface area contributed by atoms with E-state index in [4.69, 9.17) is 16.1 Å². The second-order valence-corrected chi connectivity index (χ2v) is 5.40. The first-order valence-corrected chi connectivity index (χ1v) is 7.06. The van der Waals surface area contributed by atoms with Crippen LogP contribution in [0.5, 0.6) is 0 Å². The number of carboxylic acids is 1. The molecule has 2 N–H and O–H groups in total. The van der Waals surface area contributed by atoms with Crippen molar-refractivity contribution >= 4 is 23.5 Å². The fourth-order valence-corrected chi connectivity index (χ4v) is 2.22. The van der Waals surface area contributed by atoms with E-state index in [1.165, 1.54) is 12.1 Å². The van der Waals surface area contributed by atoms with Crippen molar-refractivity contribution in [2.45, 2.75) is 26.3 Å². The zero-order chi connectivity index (χ0) is 17.1. The summed E-state index contributed by atoms with van der Waals surface area (Å²) >= 11 is 5.57. The Morgan fingerprint density at radius 2 is 2.13 bits per heavy atom. The Labute approximate surface area is 136 Å². The third-order valence-electron chi connectivity index (χ3n) is 3.35. The summed E-state index contributed by atoms with van der Waals surface area (Å²) in [4.78, 5) is 23.5. The minimum absolute atomic E-state index is 0.0823. The Kier molecular flexibility index (Phi) is 5.00. The zero-order valence-corrected chi connectivity index (χ0v) is 13.1. The molecule has 1 aromatic carbocycles. The molecule has 0 radical (unpaired) electrons. The highest BCUT2D eigenvalue weighted by Crippen LogP contribution is 2.21. The number of aromatic nitrogens is 1. The number of carboxylic acid groups (broad SMARTS) is 1. The first-order valence-electron chi connectivity index (χ1n) is 6.68. The van der Waals surface area contributed by atoms with E-state index in [9.17, 15) is 19.1 Å². The summed E-state index contributed by atoms with van der Waals surface area (Å²) in [5, 5.41) is 15.2. The van der Waals surface area contributed by atoms with Crippen LogP contribution in [0.1, 0.15) is 28.6 Å². The number of halogens is 2. The largest absolute Gasteiger partial charge is 0.479 e. The predicted octanol–water partition coefficient (Wildman–Crippen LogP) is 2.57. The van der Waals surface area contributed by atoms with E-state index in [0.29, 0.717) is 17.0 Å². The van der Waals surface area contributed by atoms with Crippen LogP contribution in [0.15, 0.2) is 22.7 Å². The molecule has 0 spiro atoms. The van der Waals surface area contributed by atoms with E-state index in [1.807, 2.05) is 0 Å². The fraction of sp³-hybridized carbons (Fsp3) is 0.267. The number of nitrogens with one attached hydrogen (secondary N) is 1. The molecule has 23 heavy (non-hydrogen) atoms. The Bertz CT molecular complexity index is 740. The fourth-order valence-electron chi connectivity index (χ4n) is 2.11. The van der Waals surface area contributed by atoms with Gasteiger partial charge in [-0.2, -0.15) is 0 Å². The van der Waals surface area contributed by atoms with Crippen molar-refractivity contribution in [2.75, 3.05) is 0 Å². The number of rotatable bonds is 5. The van der Waals surface area contributed by atoms with Gasteiger partial charge in [-0.05, 0) is 31.5 Å². The Balaban J connectivity index is 2.18. The number of nitrogens with zero attached hydrogens (tertiary/aromatic N) is 1. The van der Waals surface area contributed by atoms with E-state index in [-0.39, 0.29) is 17.0 Å². The molecule has 122 valence electrons. The average Bonchev–Trinajstić information content (AvgIpc) is 2.79. The number of aliphatic carboxylic acids is 1. The molecular formula is C15H14ClFN2O4. The zero-order valence-electron chi connectivity index (χ0n) is 12.4. The second-order valence-electron chi connectivity index (χ2n) is 4.99. The number of hydrogen-bond acceptors (Lipinski definition) is 4. The Morgan fingerprint density at radius 1 is 1.43 bits per heavy atom. The van der Waals surface area contributed by atoms with Gasteiger partial charge in [0.1, 0.15) is 11.6 Å². The molecule has 1 atom stereocenters. The number of carbonyl (C=O) groups is 2. The number of carbonyl (C=O) groups excluding carboxylic acids is 1. The Morgan fingerprint density at radius 3 is 2.65 bits per heavy atom. The van der Waals surface area contributed by atoms with Gasteiger partial charge in [-0.1, -0.05) is 22.8 Å². The molecule has 1 unspecified atom stereocenters. The highest BCUT2D eigenvalue weighted by Gasteiger charge is 2.24. The normalized spacial score (nSPS) is 12.0. The molecule has 6 nitrogen and oxygen atoms in total. The lowest BCUT2D eigenvalue weighted by Crippen LogP contribution is -2.35. The molecule has 0 saturated carbocycles. The van der Waals surface area contributed by atoms with Gasteiger partial charge >= 0.3 is 5.97 Å². The van der Waals surface area contributed by atoms with Crippen molar-refractivity contribution in [3.8, 4) is 0 Å². The lowest BCUT2D eigenvalue weighted by atomic mass is 10.1. The number of hydrogen-bond donors (Lipinski definition) is 2. The molecule has 2 rings (SSSR count). The van der Waals surface area contributed by atoms with E-state index in [2.05, 4.69) is 10.5 Å². The topological polar surface area (TPSA) is 92.4 Å². The minimum Gasteiger partial charge on any atom is -0.479 e. The van der Waals surface area contributed by atoms with Crippen LogP contribution in [0, 0.1) is 19.7 Å². The van der Waals surface area contributed by atoms with Crippen LogP contribution < -0.4 is 5.32 Å². The van der Waals surface area contributed by atoms with Crippen molar-refractivity contribution in [1.29, 1.82) is 0 Å². The first kappa shape index (κ1) is 17.0. The van der Waals surface area contributed by atoms with Crippen LogP contribution >= 0.6 is 11.6 Å². The second kappa shape index (κ2) is 6.78. The molecule has 1 amide bonds. The molecule has 0 aliphatic rings. The van der Waals surface area contributed by atoms with Crippen molar-refractivity contribution in [3.05, 3.63) is 51.6 Å². The molecule has 0 aliphatic heterocycles. The van der Waals surface area contributed by atoms with Gasteiger partial charge in [0.05, 0.1) is 17.1 Å². The monoisotopic (exact) mass is 340 g/mol. The van der Waals surface area contributed by atoms with Crippen LogP contribution in [0.2, 0.25) is 5.02 Å². The van der Waals surface area contributed by atoms with Gasteiger partial charge in [0.15, 0.2) is 6.04 Å². The maximum atomic E-state index is 13.5.